The molecule has 0 unspecified atom stereocenters. The number of aliphatic hydroxyl groups excluding tert-OH is 1. The summed E-state index contributed by atoms with van der Waals surface area (Å²) in [7, 11) is 1.61. The van der Waals surface area contributed by atoms with Crippen LogP contribution in [0.15, 0.2) is 54.6 Å². The minimum Gasteiger partial charge on any atom is -0.497 e. The average molecular weight is 335 g/mol. The Hall–Kier alpha value is -3.30. The van der Waals surface area contributed by atoms with Crippen molar-refractivity contribution in [1.82, 2.24) is 9.78 Å². The molecule has 1 aromatic heterocycles. The molecule has 0 bridgehead atoms. The van der Waals surface area contributed by atoms with E-state index >= 15 is 0 Å². The maximum absolute atomic E-state index is 9.20. The van der Waals surface area contributed by atoms with Crippen LogP contribution in [0.2, 0.25) is 0 Å². The van der Waals surface area contributed by atoms with Gasteiger partial charge in [-0.2, -0.15) is 10.4 Å². The SMILES string of the molecule is COc1ccc(-n2nc(C#N)cc2-c2ccc(OCCO)cc2)cc1. The topological polar surface area (TPSA) is 80.3 Å². The highest BCUT2D eigenvalue weighted by Crippen LogP contribution is 2.26. The summed E-state index contributed by atoms with van der Waals surface area (Å²) in [5.41, 5.74) is 2.88. The van der Waals surface area contributed by atoms with E-state index in [0.717, 1.165) is 22.7 Å². The fourth-order valence-corrected chi connectivity index (χ4v) is 2.45. The quantitative estimate of drug-likeness (QED) is 0.749. The zero-order valence-corrected chi connectivity index (χ0v) is 13.7. The van der Waals surface area contributed by atoms with E-state index in [1.807, 2.05) is 48.5 Å². The minimum absolute atomic E-state index is 0.0302. The molecule has 6 nitrogen and oxygen atoms in total. The Kier molecular flexibility index (Phi) is 4.97. The van der Waals surface area contributed by atoms with Crippen molar-refractivity contribution >= 4 is 0 Å². The Labute approximate surface area is 145 Å². The summed E-state index contributed by atoms with van der Waals surface area (Å²) in [6.07, 6.45) is 0. The third-order valence-corrected chi connectivity index (χ3v) is 3.65. The van der Waals surface area contributed by atoms with Gasteiger partial charge in [0, 0.05) is 11.6 Å². The molecule has 0 radical (unpaired) electrons. The van der Waals surface area contributed by atoms with Crippen LogP contribution in [0.4, 0.5) is 0 Å². The van der Waals surface area contributed by atoms with Crippen LogP contribution in [-0.4, -0.2) is 35.2 Å². The monoisotopic (exact) mass is 335 g/mol. The lowest BCUT2D eigenvalue weighted by Gasteiger charge is -2.09. The highest BCUT2D eigenvalue weighted by atomic mass is 16.5. The van der Waals surface area contributed by atoms with Gasteiger partial charge in [0.05, 0.1) is 25.1 Å². The summed E-state index contributed by atoms with van der Waals surface area (Å²) in [5.74, 6) is 1.43. The second-order valence-corrected chi connectivity index (χ2v) is 5.23. The molecule has 0 saturated heterocycles. The van der Waals surface area contributed by atoms with Gasteiger partial charge in [-0.05, 0) is 48.5 Å². The van der Waals surface area contributed by atoms with Crippen LogP contribution in [0.5, 0.6) is 11.5 Å². The van der Waals surface area contributed by atoms with Crippen molar-refractivity contribution in [3.63, 3.8) is 0 Å². The van der Waals surface area contributed by atoms with Gasteiger partial charge in [0.2, 0.25) is 0 Å². The first-order chi connectivity index (χ1) is 12.2. The number of nitriles is 1. The van der Waals surface area contributed by atoms with Crippen molar-refractivity contribution in [3.8, 4) is 34.5 Å². The van der Waals surface area contributed by atoms with Gasteiger partial charge in [-0.3, -0.25) is 0 Å². The first-order valence-corrected chi connectivity index (χ1v) is 7.74. The molecule has 3 rings (SSSR count). The van der Waals surface area contributed by atoms with Crippen LogP contribution < -0.4 is 9.47 Å². The number of aromatic nitrogens is 2. The van der Waals surface area contributed by atoms with E-state index < -0.39 is 0 Å². The molecule has 0 saturated carbocycles. The van der Waals surface area contributed by atoms with Crippen LogP contribution in [0.25, 0.3) is 16.9 Å². The van der Waals surface area contributed by atoms with Crippen molar-refractivity contribution in [2.75, 3.05) is 20.3 Å². The van der Waals surface area contributed by atoms with Gasteiger partial charge in [-0.1, -0.05) is 0 Å². The zero-order valence-electron chi connectivity index (χ0n) is 13.7. The van der Waals surface area contributed by atoms with E-state index in [-0.39, 0.29) is 13.2 Å². The molecule has 0 atom stereocenters. The van der Waals surface area contributed by atoms with Crippen LogP contribution >= 0.6 is 0 Å². The Morgan fingerprint density at radius 3 is 2.36 bits per heavy atom. The summed E-state index contributed by atoms with van der Waals surface area (Å²) in [6.45, 7) is 0.221. The van der Waals surface area contributed by atoms with Gasteiger partial charge >= 0.3 is 0 Å². The molecule has 0 fully saturated rings. The maximum atomic E-state index is 9.20. The standard InChI is InChI=1S/C19H17N3O3/c1-24-17-8-4-16(5-9-17)22-19(12-15(13-20)21-22)14-2-6-18(7-3-14)25-11-10-23/h2-9,12,23H,10-11H2,1H3. The lowest BCUT2D eigenvalue weighted by Crippen LogP contribution is -2.02. The van der Waals surface area contributed by atoms with Gasteiger partial charge in [-0.15, -0.1) is 0 Å². The van der Waals surface area contributed by atoms with Crippen molar-refractivity contribution in [3.05, 3.63) is 60.3 Å². The average Bonchev–Trinajstić information content (AvgIpc) is 3.11. The smallest absolute Gasteiger partial charge is 0.163 e. The van der Waals surface area contributed by atoms with E-state index in [9.17, 15) is 5.26 Å². The van der Waals surface area contributed by atoms with Gasteiger partial charge < -0.3 is 14.6 Å². The number of hydrogen-bond acceptors (Lipinski definition) is 5. The number of aliphatic hydroxyl groups is 1. The lowest BCUT2D eigenvalue weighted by molar-refractivity contribution is 0.201. The molecule has 2 aromatic carbocycles. The van der Waals surface area contributed by atoms with Gasteiger partial charge in [0.25, 0.3) is 0 Å². The van der Waals surface area contributed by atoms with Gasteiger partial charge in [-0.25, -0.2) is 4.68 Å². The number of ether oxygens (including phenoxy) is 2. The van der Waals surface area contributed by atoms with E-state index in [4.69, 9.17) is 14.6 Å². The van der Waals surface area contributed by atoms with Crippen molar-refractivity contribution in [2.24, 2.45) is 0 Å². The number of hydrogen-bond donors (Lipinski definition) is 1. The molecule has 0 aliphatic carbocycles. The number of benzene rings is 2. The van der Waals surface area contributed by atoms with Gasteiger partial charge in [0.1, 0.15) is 24.2 Å². The van der Waals surface area contributed by atoms with Crippen LogP contribution in [0, 0.1) is 11.3 Å². The third kappa shape index (κ3) is 3.62. The summed E-state index contributed by atoms with van der Waals surface area (Å²) in [4.78, 5) is 0. The Morgan fingerprint density at radius 1 is 1.08 bits per heavy atom. The molecule has 25 heavy (non-hydrogen) atoms. The summed E-state index contributed by atoms with van der Waals surface area (Å²) >= 11 is 0. The second-order valence-electron chi connectivity index (χ2n) is 5.23. The summed E-state index contributed by atoms with van der Waals surface area (Å²) in [6, 6.07) is 18.7. The molecule has 3 aromatic rings. The first kappa shape index (κ1) is 16.6. The van der Waals surface area contributed by atoms with Gasteiger partial charge in [0.15, 0.2) is 5.69 Å². The van der Waals surface area contributed by atoms with Crippen molar-refractivity contribution in [1.29, 1.82) is 5.26 Å². The zero-order chi connectivity index (χ0) is 17.6. The maximum Gasteiger partial charge on any atom is 0.163 e. The Morgan fingerprint density at radius 2 is 1.76 bits per heavy atom. The van der Waals surface area contributed by atoms with Crippen LogP contribution in [0.1, 0.15) is 5.69 Å². The van der Waals surface area contributed by atoms with Crippen LogP contribution in [0.3, 0.4) is 0 Å². The fourth-order valence-electron chi connectivity index (χ4n) is 2.45. The normalized spacial score (nSPS) is 10.3. The molecule has 1 heterocycles. The van der Waals surface area contributed by atoms with E-state index in [0.29, 0.717) is 11.4 Å². The van der Waals surface area contributed by atoms with Crippen molar-refractivity contribution < 1.29 is 14.6 Å². The largest absolute Gasteiger partial charge is 0.497 e. The minimum atomic E-state index is -0.0302. The highest BCUT2D eigenvalue weighted by molar-refractivity contribution is 5.64. The predicted molar refractivity (Wildman–Crippen MR) is 92.8 cm³/mol. The highest BCUT2D eigenvalue weighted by Gasteiger charge is 2.12. The first-order valence-electron chi connectivity index (χ1n) is 7.74. The molecule has 126 valence electrons. The summed E-state index contributed by atoms with van der Waals surface area (Å²) < 4.78 is 12.3. The number of methoxy groups -OCH3 is 1. The predicted octanol–water partition coefficient (Wildman–Crippen LogP) is 2.79. The van der Waals surface area contributed by atoms with E-state index in [2.05, 4.69) is 11.2 Å². The third-order valence-electron chi connectivity index (χ3n) is 3.65. The Balaban J connectivity index is 1.98. The number of rotatable bonds is 6. The number of nitrogens with zero attached hydrogens (tertiary/aromatic N) is 3. The summed E-state index contributed by atoms with van der Waals surface area (Å²) in [5, 5.41) is 22.4. The molecular formula is C19H17N3O3. The fraction of sp³-hybridized carbons (Fsp3) is 0.158. The molecule has 0 amide bonds. The molecule has 1 N–H and O–H groups in total. The second kappa shape index (κ2) is 7.51. The van der Waals surface area contributed by atoms with E-state index in [1.54, 1.807) is 17.9 Å². The van der Waals surface area contributed by atoms with Crippen LogP contribution in [-0.2, 0) is 0 Å². The molecule has 0 aliphatic heterocycles. The molecular weight excluding hydrogens is 318 g/mol. The Bertz CT molecular complexity index is 878. The molecule has 6 heteroatoms. The van der Waals surface area contributed by atoms with Crippen molar-refractivity contribution in [2.45, 2.75) is 0 Å². The lowest BCUT2D eigenvalue weighted by atomic mass is 10.1. The van der Waals surface area contributed by atoms with E-state index in [1.165, 1.54) is 0 Å². The molecule has 0 aliphatic rings. The molecule has 0 spiro atoms.